The molecule has 1 saturated carbocycles. The summed E-state index contributed by atoms with van der Waals surface area (Å²) in [5.74, 6) is 1.14. The van der Waals surface area contributed by atoms with E-state index in [1.807, 2.05) is 36.1 Å². The first kappa shape index (κ1) is 22.0. The predicted molar refractivity (Wildman–Crippen MR) is 131 cm³/mol. The number of pyridine rings is 1. The Labute approximate surface area is 198 Å². The minimum Gasteiger partial charge on any atom is -0.324 e. The molecule has 1 atom stereocenters. The molecule has 8 nitrogen and oxygen atoms in total. The van der Waals surface area contributed by atoms with Crippen LogP contribution in [0.25, 0.3) is 22.4 Å². The van der Waals surface area contributed by atoms with Gasteiger partial charge in [0.15, 0.2) is 0 Å². The third-order valence-electron chi connectivity index (χ3n) is 6.41. The van der Waals surface area contributed by atoms with E-state index in [9.17, 15) is 9.59 Å². The topological polar surface area (TPSA) is 100 Å². The summed E-state index contributed by atoms with van der Waals surface area (Å²) < 4.78 is 0. The summed E-state index contributed by atoms with van der Waals surface area (Å²) in [7, 11) is 0. The molecule has 3 aromatic rings. The molecule has 34 heavy (non-hydrogen) atoms. The first-order valence-corrected chi connectivity index (χ1v) is 11.7. The lowest BCUT2D eigenvalue weighted by atomic mass is 9.99. The average molecular weight is 457 g/mol. The number of anilines is 2. The van der Waals surface area contributed by atoms with Gasteiger partial charge < -0.3 is 15.5 Å². The van der Waals surface area contributed by atoms with Crippen molar-refractivity contribution in [3.63, 3.8) is 0 Å². The lowest BCUT2D eigenvalue weighted by molar-refractivity contribution is -0.117. The second kappa shape index (κ2) is 9.21. The number of aryl methyl sites for hydroxylation is 1. The Bertz CT molecular complexity index is 1240. The highest BCUT2D eigenvalue weighted by molar-refractivity contribution is 5.93. The molecule has 2 aromatic heterocycles. The maximum Gasteiger partial charge on any atom is 0.321 e. The van der Waals surface area contributed by atoms with Gasteiger partial charge in [0, 0.05) is 54.3 Å². The van der Waals surface area contributed by atoms with Crippen molar-refractivity contribution in [1.82, 2.24) is 19.9 Å². The first-order chi connectivity index (χ1) is 16.5. The van der Waals surface area contributed by atoms with Crippen molar-refractivity contribution in [2.24, 2.45) is 11.8 Å². The van der Waals surface area contributed by atoms with Crippen molar-refractivity contribution < 1.29 is 9.59 Å². The molecular weight excluding hydrogens is 428 g/mol. The van der Waals surface area contributed by atoms with Crippen LogP contribution < -0.4 is 10.6 Å². The molecule has 2 N–H and O–H groups in total. The minimum absolute atomic E-state index is 0.00870. The van der Waals surface area contributed by atoms with Crippen LogP contribution in [0, 0.1) is 18.8 Å². The van der Waals surface area contributed by atoms with Crippen molar-refractivity contribution in [3.8, 4) is 22.4 Å². The van der Waals surface area contributed by atoms with Gasteiger partial charge in [0.1, 0.15) is 12.1 Å². The van der Waals surface area contributed by atoms with E-state index in [0.29, 0.717) is 17.4 Å². The summed E-state index contributed by atoms with van der Waals surface area (Å²) in [6.07, 6.45) is 7.91. The van der Waals surface area contributed by atoms with Gasteiger partial charge in [-0.2, -0.15) is 0 Å². The number of benzene rings is 1. The van der Waals surface area contributed by atoms with E-state index in [0.717, 1.165) is 60.3 Å². The molecule has 1 aliphatic heterocycles. The molecule has 2 fully saturated rings. The number of amides is 3. The van der Waals surface area contributed by atoms with Crippen LogP contribution in [0.1, 0.15) is 31.7 Å². The highest BCUT2D eigenvalue weighted by Gasteiger charge is 2.30. The largest absolute Gasteiger partial charge is 0.324 e. The van der Waals surface area contributed by atoms with Gasteiger partial charge in [0.05, 0.1) is 5.69 Å². The molecule has 0 radical (unpaired) electrons. The highest BCUT2D eigenvalue weighted by atomic mass is 16.2. The fourth-order valence-electron chi connectivity index (χ4n) is 4.22. The number of likely N-dealkylation sites (tertiary alicyclic amines) is 1. The molecule has 1 aliphatic carbocycles. The van der Waals surface area contributed by atoms with Gasteiger partial charge >= 0.3 is 6.03 Å². The van der Waals surface area contributed by atoms with Gasteiger partial charge in [-0.25, -0.2) is 14.8 Å². The van der Waals surface area contributed by atoms with Crippen molar-refractivity contribution in [1.29, 1.82) is 0 Å². The Morgan fingerprint density at radius 3 is 2.59 bits per heavy atom. The van der Waals surface area contributed by atoms with E-state index >= 15 is 0 Å². The molecule has 0 bridgehead atoms. The van der Waals surface area contributed by atoms with Crippen LogP contribution in [0.2, 0.25) is 0 Å². The minimum atomic E-state index is -0.0622. The number of urea groups is 1. The van der Waals surface area contributed by atoms with Crippen LogP contribution in [0.5, 0.6) is 0 Å². The van der Waals surface area contributed by atoms with Crippen LogP contribution in [0.15, 0.2) is 49.1 Å². The van der Waals surface area contributed by atoms with E-state index < -0.39 is 0 Å². The molecule has 3 amide bonds. The standard InChI is InChI=1S/C26H28N6O2/c1-16-7-8-32(14-16)26(34)30-21-6-3-17(2)22(10-21)19-9-20(13-27-12-19)23-11-24(29-15-28-23)31-25(33)18-4-5-18/h3,6,9-13,15-16,18H,4-5,7-8,14H2,1-2H3,(H,30,34)(H,28,29,31,33)/t16-/m0/s1. The van der Waals surface area contributed by atoms with Crippen LogP contribution in [0.3, 0.4) is 0 Å². The Balaban J connectivity index is 1.37. The van der Waals surface area contributed by atoms with Crippen LogP contribution >= 0.6 is 0 Å². The zero-order valence-corrected chi connectivity index (χ0v) is 19.4. The van der Waals surface area contributed by atoms with Crippen LogP contribution in [-0.2, 0) is 4.79 Å². The molecule has 5 rings (SSSR count). The summed E-state index contributed by atoms with van der Waals surface area (Å²) in [5, 5.41) is 5.90. The number of nitrogens with zero attached hydrogens (tertiary/aromatic N) is 4. The number of hydrogen-bond donors (Lipinski definition) is 2. The Morgan fingerprint density at radius 1 is 1.00 bits per heavy atom. The zero-order chi connectivity index (χ0) is 23.7. The Morgan fingerprint density at radius 2 is 1.82 bits per heavy atom. The van der Waals surface area contributed by atoms with Crippen molar-refractivity contribution >= 4 is 23.4 Å². The highest BCUT2D eigenvalue weighted by Crippen LogP contribution is 2.31. The van der Waals surface area contributed by atoms with Gasteiger partial charge in [-0.05, 0) is 61.4 Å². The monoisotopic (exact) mass is 456 g/mol. The Kier molecular flexibility index (Phi) is 5.96. The van der Waals surface area contributed by atoms with Gasteiger partial charge in [-0.3, -0.25) is 9.78 Å². The molecule has 8 heteroatoms. The van der Waals surface area contributed by atoms with Crippen LogP contribution in [-0.4, -0.2) is 44.9 Å². The predicted octanol–water partition coefficient (Wildman–Crippen LogP) is 4.74. The molecule has 0 spiro atoms. The summed E-state index contributed by atoms with van der Waals surface area (Å²) in [4.78, 5) is 39.6. The number of rotatable bonds is 5. The SMILES string of the molecule is Cc1ccc(NC(=O)N2CC[C@H](C)C2)cc1-c1cncc(-c2cc(NC(=O)C3CC3)ncn2)c1. The van der Waals surface area contributed by atoms with E-state index in [-0.39, 0.29) is 17.9 Å². The van der Waals surface area contributed by atoms with Crippen LogP contribution in [0.4, 0.5) is 16.3 Å². The number of hydrogen-bond acceptors (Lipinski definition) is 5. The third kappa shape index (κ3) is 4.90. The number of aromatic nitrogens is 3. The second-order valence-electron chi connectivity index (χ2n) is 9.31. The van der Waals surface area contributed by atoms with E-state index in [4.69, 9.17) is 0 Å². The van der Waals surface area contributed by atoms with Gasteiger partial charge in [0.25, 0.3) is 0 Å². The number of nitrogens with one attached hydrogen (secondary N) is 2. The summed E-state index contributed by atoms with van der Waals surface area (Å²) in [6.45, 7) is 5.78. The summed E-state index contributed by atoms with van der Waals surface area (Å²) >= 11 is 0. The Hall–Kier alpha value is -3.81. The molecule has 2 aliphatic rings. The van der Waals surface area contributed by atoms with E-state index in [1.165, 1.54) is 6.33 Å². The smallest absolute Gasteiger partial charge is 0.321 e. The molecule has 1 aromatic carbocycles. The van der Waals surface area contributed by atoms with E-state index in [2.05, 4.69) is 32.5 Å². The van der Waals surface area contributed by atoms with Crippen molar-refractivity contribution in [3.05, 3.63) is 54.6 Å². The second-order valence-corrected chi connectivity index (χ2v) is 9.31. The molecule has 174 valence electrons. The first-order valence-electron chi connectivity index (χ1n) is 11.7. The third-order valence-corrected chi connectivity index (χ3v) is 6.41. The fraction of sp³-hybridized carbons (Fsp3) is 0.346. The molecule has 3 heterocycles. The molecular formula is C26H28N6O2. The summed E-state index contributed by atoms with van der Waals surface area (Å²) in [5.41, 5.74) is 5.23. The lowest BCUT2D eigenvalue weighted by Gasteiger charge is -2.18. The van der Waals surface area contributed by atoms with Crippen molar-refractivity contribution in [2.45, 2.75) is 33.1 Å². The molecule has 1 saturated heterocycles. The zero-order valence-electron chi connectivity index (χ0n) is 19.4. The van der Waals surface area contributed by atoms with Gasteiger partial charge in [0.2, 0.25) is 5.91 Å². The number of carbonyl (C=O) groups is 2. The molecule has 0 unspecified atom stereocenters. The lowest BCUT2D eigenvalue weighted by Crippen LogP contribution is -2.32. The maximum absolute atomic E-state index is 12.6. The summed E-state index contributed by atoms with van der Waals surface area (Å²) in [6, 6.07) is 9.62. The van der Waals surface area contributed by atoms with Crippen molar-refractivity contribution in [2.75, 3.05) is 23.7 Å². The van der Waals surface area contributed by atoms with Gasteiger partial charge in [-0.15, -0.1) is 0 Å². The van der Waals surface area contributed by atoms with Gasteiger partial charge in [-0.1, -0.05) is 13.0 Å². The fourth-order valence-corrected chi connectivity index (χ4v) is 4.22. The normalized spacial score (nSPS) is 17.5. The van der Waals surface area contributed by atoms with E-state index in [1.54, 1.807) is 18.5 Å². The number of carbonyl (C=O) groups excluding carboxylic acids is 2. The maximum atomic E-state index is 12.6. The quantitative estimate of drug-likeness (QED) is 0.578. The average Bonchev–Trinajstić information content (AvgIpc) is 3.61.